The number of hydrogen-bond acceptors (Lipinski definition) is 1. The van der Waals surface area contributed by atoms with E-state index in [1.54, 1.807) is 0 Å². The van der Waals surface area contributed by atoms with Gasteiger partial charge in [-0.15, -0.1) is 0 Å². The second kappa shape index (κ2) is 4.13. The first-order valence-electron chi connectivity index (χ1n) is 4.62. The van der Waals surface area contributed by atoms with Crippen molar-refractivity contribution in [2.45, 2.75) is 39.7 Å². The van der Waals surface area contributed by atoms with Crippen molar-refractivity contribution < 1.29 is 5.11 Å². The van der Waals surface area contributed by atoms with Crippen LogP contribution in [0.25, 0.3) is 0 Å². The van der Waals surface area contributed by atoms with Gasteiger partial charge in [-0.25, -0.2) is 0 Å². The molecule has 0 saturated carbocycles. The summed E-state index contributed by atoms with van der Waals surface area (Å²) in [6.07, 6.45) is 3.73. The van der Waals surface area contributed by atoms with Gasteiger partial charge < -0.3 is 5.11 Å². The summed E-state index contributed by atoms with van der Waals surface area (Å²) in [5.74, 6) is 0. The van der Waals surface area contributed by atoms with E-state index in [2.05, 4.69) is 53.5 Å². The molecule has 1 rings (SSSR count). The van der Waals surface area contributed by atoms with Crippen LogP contribution in [0.15, 0.2) is 21.3 Å². The summed E-state index contributed by atoms with van der Waals surface area (Å²) >= 11 is 2.24. The molecule has 0 saturated heterocycles. The van der Waals surface area contributed by atoms with E-state index in [1.165, 1.54) is 11.1 Å². The smallest absolute Gasteiger partial charge is 0.0585 e. The van der Waals surface area contributed by atoms with Gasteiger partial charge in [-0.1, -0.05) is 48.1 Å². The van der Waals surface area contributed by atoms with Crippen LogP contribution in [0.2, 0.25) is 0 Å². The summed E-state index contributed by atoms with van der Waals surface area (Å²) < 4.78 is 2.05. The van der Waals surface area contributed by atoms with E-state index in [9.17, 15) is 5.11 Å². The van der Waals surface area contributed by atoms with Crippen LogP contribution >= 0.6 is 22.6 Å². The van der Waals surface area contributed by atoms with E-state index in [4.69, 9.17) is 0 Å². The third-order valence-electron chi connectivity index (χ3n) is 2.71. The van der Waals surface area contributed by atoms with Gasteiger partial charge in [0.2, 0.25) is 0 Å². The Hall–Kier alpha value is 0.170. The maximum absolute atomic E-state index is 9.64. The van der Waals surface area contributed by atoms with Crippen molar-refractivity contribution in [2.75, 3.05) is 0 Å². The van der Waals surface area contributed by atoms with Gasteiger partial charge in [-0.2, -0.15) is 0 Å². The molecule has 2 heteroatoms. The standard InChI is InChI=1S/C11H17IO/c1-8-6-9(13)7-11(2,3)10(8)4-5-12/h4-5,9,13H,6-7H2,1-3H3/b5-4+/t9-/m1/s1. The largest absolute Gasteiger partial charge is 0.393 e. The van der Waals surface area contributed by atoms with Crippen LogP contribution < -0.4 is 0 Å². The maximum Gasteiger partial charge on any atom is 0.0585 e. The molecule has 0 bridgehead atoms. The number of hydrogen-bond donors (Lipinski definition) is 1. The van der Waals surface area contributed by atoms with Gasteiger partial charge >= 0.3 is 0 Å². The van der Waals surface area contributed by atoms with Gasteiger partial charge in [-0.05, 0) is 34.8 Å². The van der Waals surface area contributed by atoms with Crippen LogP contribution in [0, 0.1) is 5.41 Å². The number of allylic oxidation sites excluding steroid dienone is 2. The fourth-order valence-electron chi connectivity index (χ4n) is 2.24. The van der Waals surface area contributed by atoms with Gasteiger partial charge in [0.05, 0.1) is 6.10 Å². The molecule has 0 aliphatic heterocycles. The van der Waals surface area contributed by atoms with Crippen LogP contribution in [-0.4, -0.2) is 11.2 Å². The zero-order valence-corrected chi connectivity index (χ0v) is 10.6. The van der Waals surface area contributed by atoms with E-state index < -0.39 is 0 Å². The average molecular weight is 292 g/mol. The summed E-state index contributed by atoms with van der Waals surface area (Å²) in [5, 5.41) is 9.64. The Bertz CT molecular complexity index is 251. The Labute approximate surface area is 94.1 Å². The fraction of sp³-hybridized carbons (Fsp3) is 0.636. The molecule has 1 N–H and O–H groups in total. The second-order valence-corrected chi connectivity index (χ2v) is 5.15. The van der Waals surface area contributed by atoms with Crippen molar-refractivity contribution >= 4 is 22.6 Å². The monoisotopic (exact) mass is 292 g/mol. The van der Waals surface area contributed by atoms with Crippen LogP contribution in [0.5, 0.6) is 0 Å². The first kappa shape index (κ1) is 11.2. The topological polar surface area (TPSA) is 20.2 Å². The molecule has 0 aromatic rings. The maximum atomic E-state index is 9.64. The summed E-state index contributed by atoms with van der Waals surface area (Å²) in [6.45, 7) is 6.52. The van der Waals surface area contributed by atoms with Crippen LogP contribution in [0.1, 0.15) is 33.6 Å². The van der Waals surface area contributed by atoms with Crippen molar-refractivity contribution in [1.29, 1.82) is 0 Å². The highest BCUT2D eigenvalue weighted by atomic mass is 127. The van der Waals surface area contributed by atoms with E-state index in [-0.39, 0.29) is 11.5 Å². The van der Waals surface area contributed by atoms with Gasteiger partial charge in [0.15, 0.2) is 0 Å². The lowest BCUT2D eigenvalue weighted by atomic mass is 9.72. The highest BCUT2D eigenvalue weighted by molar-refractivity contribution is 14.1. The van der Waals surface area contributed by atoms with Crippen LogP contribution in [0.3, 0.4) is 0 Å². The van der Waals surface area contributed by atoms with Gasteiger partial charge in [0, 0.05) is 0 Å². The lowest BCUT2D eigenvalue weighted by molar-refractivity contribution is 0.116. The first-order chi connectivity index (χ1) is 5.97. The second-order valence-electron chi connectivity index (χ2n) is 4.43. The molecule has 0 radical (unpaired) electrons. The van der Waals surface area contributed by atoms with Crippen molar-refractivity contribution in [3.63, 3.8) is 0 Å². The van der Waals surface area contributed by atoms with Crippen LogP contribution in [-0.2, 0) is 0 Å². The Morgan fingerprint density at radius 3 is 2.62 bits per heavy atom. The Morgan fingerprint density at radius 1 is 1.54 bits per heavy atom. The molecular weight excluding hydrogens is 275 g/mol. The number of rotatable bonds is 1. The SMILES string of the molecule is CC1=C(/C=C/I)C(C)(C)C[C@H](O)C1. The van der Waals surface area contributed by atoms with Gasteiger partial charge in [0.25, 0.3) is 0 Å². The van der Waals surface area contributed by atoms with Crippen LogP contribution in [0.4, 0.5) is 0 Å². The minimum Gasteiger partial charge on any atom is -0.393 e. The predicted molar refractivity (Wildman–Crippen MR) is 64.9 cm³/mol. The molecule has 0 aromatic heterocycles. The highest BCUT2D eigenvalue weighted by Crippen LogP contribution is 2.40. The van der Waals surface area contributed by atoms with E-state index in [0.717, 1.165) is 12.8 Å². The van der Waals surface area contributed by atoms with Gasteiger partial charge in [-0.3, -0.25) is 0 Å². The van der Waals surface area contributed by atoms with Crippen molar-refractivity contribution in [1.82, 2.24) is 0 Å². The molecule has 0 fully saturated rings. The van der Waals surface area contributed by atoms with E-state index in [1.807, 2.05) is 0 Å². The van der Waals surface area contributed by atoms with Crippen molar-refractivity contribution in [3.8, 4) is 0 Å². The molecule has 1 nitrogen and oxygen atoms in total. The molecule has 0 heterocycles. The molecule has 74 valence electrons. The Balaban J connectivity index is 3.03. The normalized spacial score (nSPS) is 28.5. The molecular formula is C11H17IO. The zero-order valence-electron chi connectivity index (χ0n) is 8.47. The predicted octanol–water partition coefficient (Wildman–Crippen LogP) is 3.43. The molecule has 13 heavy (non-hydrogen) atoms. The minimum atomic E-state index is -0.152. The van der Waals surface area contributed by atoms with Crippen molar-refractivity contribution in [2.24, 2.45) is 5.41 Å². The lowest BCUT2D eigenvalue weighted by Gasteiger charge is -2.35. The average Bonchev–Trinajstić information content (AvgIpc) is 1.95. The molecule has 1 atom stereocenters. The number of halogens is 1. The fourth-order valence-corrected chi connectivity index (χ4v) is 2.60. The first-order valence-corrected chi connectivity index (χ1v) is 5.87. The Kier molecular flexibility index (Phi) is 3.57. The molecule has 0 amide bonds. The molecule has 0 spiro atoms. The van der Waals surface area contributed by atoms with Crippen molar-refractivity contribution in [3.05, 3.63) is 21.3 Å². The molecule has 0 aromatic carbocycles. The lowest BCUT2D eigenvalue weighted by Crippen LogP contribution is -2.28. The number of aliphatic hydroxyl groups is 1. The molecule has 1 aliphatic rings. The Morgan fingerprint density at radius 2 is 2.15 bits per heavy atom. The third-order valence-corrected chi connectivity index (χ3v) is 3.07. The van der Waals surface area contributed by atoms with E-state index >= 15 is 0 Å². The summed E-state index contributed by atoms with van der Waals surface area (Å²) in [5.41, 5.74) is 2.85. The third kappa shape index (κ3) is 2.56. The quantitative estimate of drug-likeness (QED) is 0.734. The zero-order chi connectivity index (χ0) is 10.1. The van der Waals surface area contributed by atoms with E-state index in [0.29, 0.717) is 0 Å². The number of aliphatic hydroxyl groups excluding tert-OH is 1. The molecule has 0 unspecified atom stereocenters. The summed E-state index contributed by atoms with van der Waals surface area (Å²) in [6, 6.07) is 0. The summed E-state index contributed by atoms with van der Waals surface area (Å²) in [4.78, 5) is 0. The molecule has 1 aliphatic carbocycles. The highest BCUT2D eigenvalue weighted by Gasteiger charge is 2.31. The summed E-state index contributed by atoms with van der Waals surface area (Å²) in [7, 11) is 0. The van der Waals surface area contributed by atoms with Gasteiger partial charge in [0.1, 0.15) is 0 Å². The minimum absolute atomic E-state index is 0.128.